The quantitative estimate of drug-likeness (QED) is 0.0933. The molecule has 0 spiro atoms. The van der Waals surface area contributed by atoms with Gasteiger partial charge in [0.1, 0.15) is 6.10 Å². The Morgan fingerprint density at radius 1 is 0.586 bits per heavy atom. The molecule has 0 bridgehead atoms. The van der Waals surface area contributed by atoms with Gasteiger partial charge in [-0.1, -0.05) is 187 Å². The van der Waals surface area contributed by atoms with Gasteiger partial charge in [0.25, 0.3) is 16.6 Å². The molecule has 2 aliphatic rings. The van der Waals surface area contributed by atoms with E-state index in [1.165, 1.54) is 20.7 Å². The molecule has 1 saturated carbocycles. The second-order valence-electron chi connectivity index (χ2n) is 18.2. The highest BCUT2D eigenvalue weighted by atomic mass is 28.4. The van der Waals surface area contributed by atoms with Crippen LogP contribution in [0.4, 0.5) is 0 Å². The lowest BCUT2D eigenvalue weighted by Crippen LogP contribution is -2.68. The summed E-state index contributed by atoms with van der Waals surface area (Å²) in [4.78, 5) is 28.3. The van der Waals surface area contributed by atoms with Crippen LogP contribution in [-0.4, -0.2) is 47.7 Å². The van der Waals surface area contributed by atoms with E-state index < -0.39 is 34.6 Å². The molecule has 0 aromatic heterocycles. The fourth-order valence-corrected chi connectivity index (χ4v) is 19.2. The van der Waals surface area contributed by atoms with Gasteiger partial charge in [-0.05, 0) is 73.7 Å². The zero-order chi connectivity index (χ0) is 41.0. The first-order valence-electron chi connectivity index (χ1n) is 20.8. The van der Waals surface area contributed by atoms with E-state index in [1.54, 1.807) is 18.2 Å². The van der Waals surface area contributed by atoms with E-state index in [0.717, 1.165) is 12.8 Å². The van der Waals surface area contributed by atoms with Crippen molar-refractivity contribution < 1.29 is 23.2 Å². The Kier molecular flexibility index (Phi) is 12.4. The van der Waals surface area contributed by atoms with Crippen molar-refractivity contribution in [1.82, 2.24) is 0 Å². The monoisotopic (exact) mass is 806 g/mol. The molecular weight excluding hydrogens is 749 g/mol. The van der Waals surface area contributed by atoms with Crippen LogP contribution in [0.1, 0.15) is 64.7 Å². The van der Waals surface area contributed by atoms with Gasteiger partial charge in [-0.2, -0.15) is 0 Å². The van der Waals surface area contributed by atoms with Crippen LogP contribution in [0.2, 0.25) is 10.1 Å². The normalized spacial score (nSPS) is 21.3. The molecule has 5 atom stereocenters. The summed E-state index contributed by atoms with van der Waals surface area (Å²) >= 11 is 0. The number of esters is 1. The number of carbonyl (C=O) groups is 2. The molecular formula is C51H58O5Si2. The molecule has 58 heavy (non-hydrogen) atoms. The van der Waals surface area contributed by atoms with Crippen LogP contribution in [0.25, 0.3) is 0 Å². The third-order valence-electron chi connectivity index (χ3n) is 12.6. The molecule has 0 unspecified atom stereocenters. The van der Waals surface area contributed by atoms with Gasteiger partial charge in [-0.25, -0.2) is 4.79 Å². The highest BCUT2D eigenvalue weighted by Crippen LogP contribution is 2.47. The average Bonchev–Trinajstić information content (AvgIpc) is 3.23. The van der Waals surface area contributed by atoms with Crippen molar-refractivity contribution in [2.24, 2.45) is 23.7 Å². The number of fused-ring (bicyclic) bond motifs is 1. The predicted octanol–water partition coefficient (Wildman–Crippen LogP) is 8.76. The van der Waals surface area contributed by atoms with Crippen LogP contribution in [0, 0.1) is 23.7 Å². The van der Waals surface area contributed by atoms with E-state index >= 15 is 0 Å². The SMILES string of the molecule is CC(C)(C)[Si](OC[C@@H]1C[C@H]2CC=CC(=O)[C@H]2[C@@H](OC(=O)c2ccccc2)[C@H]1CO[Si](c1ccccc1)(c1ccccc1)C(C)(C)C)(c1ccccc1)c1ccccc1. The molecule has 5 aromatic carbocycles. The topological polar surface area (TPSA) is 61.8 Å². The third kappa shape index (κ3) is 8.02. The number of ether oxygens (including phenoxy) is 1. The zero-order valence-corrected chi connectivity index (χ0v) is 36.8. The van der Waals surface area contributed by atoms with Crippen LogP contribution in [0.5, 0.6) is 0 Å². The van der Waals surface area contributed by atoms with Crippen molar-refractivity contribution in [2.45, 2.75) is 70.6 Å². The molecule has 0 heterocycles. The predicted molar refractivity (Wildman–Crippen MR) is 240 cm³/mol. The molecule has 0 aliphatic heterocycles. The maximum absolute atomic E-state index is 14.2. The molecule has 0 amide bonds. The number of allylic oxidation sites excluding steroid dienone is 2. The van der Waals surface area contributed by atoms with E-state index in [1.807, 2.05) is 24.3 Å². The Morgan fingerprint density at radius 3 is 1.40 bits per heavy atom. The molecule has 1 fully saturated rings. The van der Waals surface area contributed by atoms with Gasteiger partial charge in [0.2, 0.25) is 0 Å². The lowest BCUT2D eigenvalue weighted by atomic mass is 9.63. The summed E-state index contributed by atoms with van der Waals surface area (Å²) in [5.74, 6) is -1.28. The van der Waals surface area contributed by atoms with Crippen LogP contribution in [0.15, 0.2) is 164 Å². The van der Waals surface area contributed by atoms with Gasteiger partial charge < -0.3 is 13.6 Å². The average molecular weight is 807 g/mol. The molecule has 0 saturated heterocycles. The van der Waals surface area contributed by atoms with Crippen LogP contribution >= 0.6 is 0 Å². The smallest absolute Gasteiger partial charge is 0.338 e. The summed E-state index contributed by atoms with van der Waals surface area (Å²) in [6.07, 6.45) is 4.48. The van der Waals surface area contributed by atoms with Gasteiger partial charge in [0.05, 0.1) is 11.5 Å². The van der Waals surface area contributed by atoms with Gasteiger partial charge in [0, 0.05) is 19.1 Å². The minimum absolute atomic E-state index is 0.00272. The number of carbonyl (C=O) groups excluding carboxylic acids is 2. The Balaban J connectivity index is 1.36. The second kappa shape index (κ2) is 17.3. The van der Waals surface area contributed by atoms with Crippen molar-refractivity contribution in [3.63, 3.8) is 0 Å². The Bertz CT molecular complexity index is 2070. The maximum atomic E-state index is 14.2. The van der Waals surface area contributed by atoms with Crippen LogP contribution < -0.4 is 20.7 Å². The molecule has 0 N–H and O–H groups in total. The number of hydrogen-bond donors (Lipinski definition) is 0. The summed E-state index contributed by atoms with van der Waals surface area (Å²) < 4.78 is 22.1. The largest absolute Gasteiger partial charge is 0.458 e. The van der Waals surface area contributed by atoms with Crippen molar-refractivity contribution in [1.29, 1.82) is 0 Å². The van der Waals surface area contributed by atoms with Crippen molar-refractivity contribution >= 4 is 49.1 Å². The summed E-state index contributed by atoms with van der Waals surface area (Å²) in [5.41, 5.74) is 0.468. The molecule has 5 aromatic rings. The van der Waals surface area contributed by atoms with Crippen molar-refractivity contribution in [3.05, 3.63) is 169 Å². The minimum Gasteiger partial charge on any atom is -0.458 e. The third-order valence-corrected chi connectivity index (χ3v) is 22.6. The minimum atomic E-state index is -3.02. The summed E-state index contributed by atoms with van der Waals surface area (Å²) in [5, 5.41) is 4.29. The van der Waals surface area contributed by atoms with E-state index in [9.17, 15) is 9.59 Å². The lowest BCUT2D eigenvalue weighted by molar-refractivity contribution is -0.136. The van der Waals surface area contributed by atoms with E-state index in [2.05, 4.69) is 163 Å². The summed E-state index contributed by atoms with van der Waals surface area (Å²) in [6, 6.07) is 51.9. The molecule has 300 valence electrons. The van der Waals surface area contributed by atoms with E-state index in [4.69, 9.17) is 13.6 Å². The zero-order valence-electron chi connectivity index (χ0n) is 34.8. The maximum Gasteiger partial charge on any atom is 0.338 e. The highest BCUT2D eigenvalue weighted by Gasteiger charge is 2.56. The first-order chi connectivity index (χ1) is 27.9. The number of rotatable bonds is 12. The molecule has 0 radical (unpaired) electrons. The molecule has 7 rings (SSSR count). The van der Waals surface area contributed by atoms with Gasteiger partial charge >= 0.3 is 5.97 Å². The molecule has 2 aliphatic carbocycles. The van der Waals surface area contributed by atoms with E-state index in [0.29, 0.717) is 18.8 Å². The molecule has 7 heteroatoms. The highest BCUT2D eigenvalue weighted by molar-refractivity contribution is 7.00. The Hall–Kier alpha value is -4.67. The first-order valence-corrected chi connectivity index (χ1v) is 24.6. The van der Waals surface area contributed by atoms with Crippen molar-refractivity contribution in [2.75, 3.05) is 13.2 Å². The number of ketones is 1. The first kappa shape index (κ1) is 41.5. The van der Waals surface area contributed by atoms with Gasteiger partial charge in [-0.3, -0.25) is 4.79 Å². The summed E-state index contributed by atoms with van der Waals surface area (Å²) in [6.45, 7) is 14.5. The number of benzene rings is 5. The molecule has 5 nitrogen and oxygen atoms in total. The van der Waals surface area contributed by atoms with Crippen molar-refractivity contribution in [3.8, 4) is 0 Å². The standard InChI is InChI=1S/C51H58O5Si2/c1-50(2,3)57(41-26-14-8-15-27-41,42-28-16-9-17-29-42)54-36-40-35-39-25-22-34-46(52)47(39)48(56-49(53)38-23-12-7-13-24-38)45(40)37-55-58(51(4,5)6,43-30-18-10-19-31-43)44-32-20-11-21-33-44/h7-24,26-34,39-40,45,47-48H,25,35-37H2,1-6H3/t39-,40+,45+,47+,48+/m1/s1. The van der Waals surface area contributed by atoms with Gasteiger partial charge in [-0.15, -0.1) is 0 Å². The Labute approximate surface area is 347 Å². The second-order valence-corrected chi connectivity index (χ2v) is 26.8. The van der Waals surface area contributed by atoms with E-state index in [-0.39, 0.29) is 33.6 Å². The fraction of sp³-hybridized carbons (Fsp3) is 0.333. The van der Waals surface area contributed by atoms with Gasteiger partial charge in [0.15, 0.2) is 5.78 Å². The van der Waals surface area contributed by atoms with Crippen LogP contribution in [0.3, 0.4) is 0 Å². The Morgan fingerprint density at radius 2 is 0.983 bits per heavy atom. The summed E-state index contributed by atoms with van der Waals surface area (Å²) in [7, 11) is -5.97. The fourth-order valence-electron chi connectivity index (χ4n) is 9.95. The van der Waals surface area contributed by atoms with Crippen LogP contribution in [-0.2, 0) is 18.4 Å². The lowest BCUT2D eigenvalue weighted by Gasteiger charge is -2.50. The number of hydrogen-bond acceptors (Lipinski definition) is 5.